The number of hydrogen-bond acceptors (Lipinski definition) is 3. The van der Waals surface area contributed by atoms with E-state index in [1.807, 2.05) is 47.2 Å². The van der Waals surface area contributed by atoms with Crippen LogP contribution in [0.3, 0.4) is 0 Å². The first kappa shape index (κ1) is 10.7. The number of phenolic OH excluding ortho intramolecular Hbond substituents is 1. The Morgan fingerprint density at radius 1 is 1.11 bits per heavy atom. The van der Waals surface area contributed by atoms with Gasteiger partial charge in [0.2, 0.25) is 0 Å². The summed E-state index contributed by atoms with van der Waals surface area (Å²) in [6.07, 6.45) is 3.79. The van der Waals surface area contributed by atoms with Crippen molar-refractivity contribution in [3.63, 3.8) is 0 Å². The summed E-state index contributed by atoms with van der Waals surface area (Å²) in [5.41, 5.74) is 3.22. The summed E-state index contributed by atoms with van der Waals surface area (Å²) in [7, 11) is 0. The number of anilines is 1. The van der Waals surface area contributed by atoms with Crippen LogP contribution in [0.25, 0.3) is 5.52 Å². The molecule has 0 bridgehead atoms. The first-order valence-corrected chi connectivity index (χ1v) is 5.77. The van der Waals surface area contributed by atoms with Gasteiger partial charge in [0.1, 0.15) is 5.75 Å². The molecule has 1 aromatic carbocycles. The van der Waals surface area contributed by atoms with Gasteiger partial charge in [-0.25, -0.2) is 4.52 Å². The lowest BCUT2D eigenvalue weighted by Crippen LogP contribution is -1.98. The van der Waals surface area contributed by atoms with Crippen molar-refractivity contribution in [2.24, 2.45) is 0 Å². The van der Waals surface area contributed by atoms with Crippen LogP contribution in [0.5, 0.6) is 5.75 Å². The van der Waals surface area contributed by atoms with E-state index in [1.165, 1.54) is 0 Å². The zero-order chi connectivity index (χ0) is 12.4. The van der Waals surface area contributed by atoms with Crippen LogP contribution in [0, 0.1) is 0 Å². The smallest absolute Gasteiger partial charge is 0.115 e. The molecule has 90 valence electrons. The van der Waals surface area contributed by atoms with Crippen molar-refractivity contribution in [1.82, 2.24) is 9.61 Å². The van der Waals surface area contributed by atoms with Gasteiger partial charge < -0.3 is 10.4 Å². The number of nitrogens with zero attached hydrogens (tertiary/aromatic N) is 2. The van der Waals surface area contributed by atoms with Gasteiger partial charge in [-0.3, -0.25) is 0 Å². The lowest BCUT2D eigenvalue weighted by atomic mass is 10.2. The molecule has 0 aliphatic heterocycles. The molecule has 0 radical (unpaired) electrons. The minimum absolute atomic E-state index is 0.275. The van der Waals surface area contributed by atoms with Gasteiger partial charge in [0, 0.05) is 24.0 Å². The van der Waals surface area contributed by atoms with Crippen molar-refractivity contribution in [2.75, 3.05) is 5.32 Å². The first-order valence-electron chi connectivity index (χ1n) is 5.77. The number of hydrogen-bond donors (Lipinski definition) is 2. The topological polar surface area (TPSA) is 49.6 Å². The summed E-state index contributed by atoms with van der Waals surface area (Å²) in [6, 6.07) is 13.0. The highest BCUT2D eigenvalue weighted by atomic mass is 16.3. The van der Waals surface area contributed by atoms with Gasteiger partial charge in [0.25, 0.3) is 0 Å². The molecule has 2 aromatic heterocycles. The van der Waals surface area contributed by atoms with Crippen molar-refractivity contribution in [1.29, 1.82) is 0 Å². The number of benzene rings is 1. The fourth-order valence-corrected chi connectivity index (χ4v) is 1.90. The molecule has 0 saturated carbocycles. The lowest BCUT2D eigenvalue weighted by Gasteiger charge is -2.05. The van der Waals surface area contributed by atoms with Crippen LogP contribution >= 0.6 is 0 Å². The summed E-state index contributed by atoms with van der Waals surface area (Å²) in [6.45, 7) is 0.707. The summed E-state index contributed by atoms with van der Waals surface area (Å²) >= 11 is 0. The molecular formula is C14H13N3O. The van der Waals surface area contributed by atoms with Crippen molar-refractivity contribution < 1.29 is 5.11 Å². The van der Waals surface area contributed by atoms with Gasteiger partial charge in [-0.2, -0.15) is 5.10 Å². The Hall–Kier alpha value is -2.49. The number of rotatable bonds is 3. The fourth-order valence-electron chi connectivity index (χ4n) is 1.90. The van der Waals surface area contributed by atoms with E-state index in [-0.39, 0.29) is 5.75 Å². The third-order valence-electron chi connectivity index (χ3n) is 2.86. The predicted octanol–water partition coefficient (Wildman–Crippen LogP) is 2.65. The average molecular weight is 239 g/mol. The summed E-state index contributed by atoms with van der Waals surface area (Å²) < 4.78 is 1.85. The number of aromatic hydroxyl groups is 1. The van der Waals surface area contributed by atoms with Gasteiger partial charge in [0.15, 0.2) is 0 Å². The molecule has 0 aliphatic carbocycles. The molecule has 3 rings (SSSR count). The third kappa shape index (κ3) is 2.00. The Morgan fingerprint density at radius 2 is 1.94 bits per heavy atom. The monoisotopic (exact) mass is 239 g/mol. The van der Waals surface area contributed by atoms with E-state index in [0.29, 0.717) is 6.54 Å². The van der Waals surface area contributed by atoms with Crippen LogP contribution in [0.4, 0.5) is 5.69 Å². The molecule has 0 amide bonds. The molecule has 4 heteroatoms. The van der Waals surface area contributed by atoms with Crippen LogP contribution < -0.4 is 5.32 Å². The van der Waals surface area contributed by atoms with E-state index >= 15 is 0 Å². The van der Waals surface area contributed by atoms with Crippen LogP contribution in [0.2, 0.25) is 0 Å². The van der Waals surface area contributed by atoms with E-state index in [1.54, 1.807) is 12.1 Å². The number of nitrogens with one attached hydrogen (secondary N) is 1. The molecule has 0 fully saturated rings. The maximum absolute atomic E-state index is 9.21. The van der Waals surface area contributed by atoms with Crippen LogP contribution in [0.15, 0.2) is 54.9 Å². The van der Waals surface area contributed by atoms with Crippen LogP contribution in [-0.4, -0.2) is 14.7 Å². The Balaban J connectivity index is 1.79. The fraction of sp³-hybridized carbons (Fsp3) is 0.0714. The number of pyridine rings is 1. The normalized spacial score (nSPS) is 10.7. The van der Waals surface area contributed by atoms with Crippen LogP contribution in [0.1, 0.15) is 5.56 Å². The Labute approximate surface area is 105 Å². The number of fused-ring (bicyclic) bond motifs is 1. The molecule has 3 aromatic rings. The molecule has 4 nitrogen and oxygen atoms in total. The SMILES string of the molecule is Oc1ccc(NCc2cnn3ccccc23)cc1. The zero-order valence-corrected chi connectivity index (χ0v) is 9.74. The Kier molecular flexibility index (Phi) is 2.61. The molecule has 2 heterocycles. The number of aromatic nitrogens is 2. The van der Waals surface area contributed by atoms with Crippen molar-refractivity contribution in [2.45, 2.75) is 6.54 Å². The van der Waals surface area contributed by atoms with Crippen molar-refractivity contribution in [3.05, 3.63) is 60.4 Å². The minimum atomic E-state index is 0.275. The van der Waals surface area contributed by atoms with Crippen molar-refractivity contribution in [3.8, 4) is 5.75 Å². The average Bonchev–Trinajstić information content (AvgIpc) is 2.82. The van der Waals surface area contributed by atoms with E-state index in [2.05, 4.69) is 10.4 Å². The zero-order valence-electron chi connectivity index (χ0n) is 9.74. The highest BCUT2D eigenvalue weighted by molar-refractivity contribution is 5.55. The highest BCUT2D eigenvalue weighted by Crippen LogP contribution is 2.16. The third-order valence-corrected chi connectivity index (χ3v) is 2.86. The second-order valence-corrected chi connectivity index (χ2v) is 4.10. The van der Waals surface area contributed by atoms with Gasteiger partial charge in [-0.15, -0.1) is 0 Å². The quantitative estimate of drug-likeness (QED) is 0.691. The van der Waals surface area contributed by atoms with E-state index in [9.17, 15) is 5.11 Å². The van der Waals surface area contributed by atoms with Gasteiger partial charge in [-0.1, -0.05) is 6.07 Å². The number of phenols is 1. The van der Waals surface area contributed by atoms with E-state index < -0.39 is 0 Å². The second-order valence-electron chi connectivity index (χ2n) is 4.10. The Bertz CT molecular complexity index is 658. The molecule has 0 aliphatic rings. The second kappa shape index (κ2) is 4.41. The molecule has 0 unspecified atom stereocenters. The standard InChI is InChI=1S/C14H13N3O/c18-13-6-4-12(5-7-13)15-9-11-10-16-17-8-2-1-3-14(11)17/h1-8,10,15,18H,9H2. The Morgan fingerprint density at radius 3 is 2.78 bits per heavy atom. The lowest BCUT2D eigenvalue weighted by molar-refractivity contribution is 0.475. The van der Waals surface area contributed by atoms with Crippen LogP contribution in [-0.2, 0) is 6.54 Å². The maximum atomic E-state index is 9.21. The minimum Gasteiger partial charge on any atom is -0.508 e. The molecule has 0 saturated heterocycles. The van der Waals surface area contributed by atoms with E-state index in [0.717, 1.165) is 16.8 Å². The molecule has 18 heavy (non-hydrogen) atoms. The molecular weight excluding hydrogens is 226 g/mol. The molecule has 0 spiro atoms. The highest BCUT2D eigenvalue weighted by Gasteiger charge is 2.02. The van der Waals surface area contributed by atoms with Gasteiger partial charge >= 0.3 is 0 Å². The molecule has 0 atom stereocenters. The first-order chi connectivity index (χ1) is 8.83. The largest absolute Gasteiger partial charge is 0.508 e. The summed E-state index contributed by atoms with van der Waals surface area (Å²) in [5, 5.41) is 16.8. The summed E-state index contributed by atoms with van der Waals surface area (Å²) in [5.74, 6) is 0.275. The summed E-state index contributed by atoms with van der Waals surface area (Å²) in [4.78, 5) is 0. The van der Waals surface area contributed by atoms with E-state index in [4.69, 9.17) is 0 Å². The predicted molar refractivity (Wildman–Crippen MR) is 70.6 cm³/mol. The molecule has 2 N–H and O–H groups in total. The van der Waals surface area contributed by atoms with Gasteiger partial charge in [-0.05, 0) is 36.4 Å². The maximum Gasteiger partial charge on any atom is 0.115 e. The van der Waals surface area contributed by atoms with Crippen molar-refractivity contribution >= 4 is 11.2 Å². The van der Waals surface area contributed by atoms with Gasteiger partial charge in [0.05, 0.1) is 11.7 Å².